The molecule has 1 amide bonds. The fraction of sp³-hybridized carbons (Fsp3) is 0.409. The second kappa shape index (κ2) is 10.4. The molecule has 6 nitrogen and oxygen atoms in total. The summed E-state index contributed by atoms with van der Waals surface area (Å²) >= 11 is 0. The lowest BCUT2D eigenvalue weighted by atomic mass is 10.2. The van der Waals surface area contributed by atoms with Gasteiger partial charge in [0.1, 0.15) is 0 Å². The Morgan fingerprint density at radius 2 is 1.72 bits per heavy atom. The molecule has 0 aromatic heterocycles. The van der Waals surface area contributed by atoms with E-state index in [1.54, 1.807) is 19.1 Å². The van der Waals surface area contributed by atoms with E-state index in [9.17, 15) is 13.2 Å². The largest absolute Gasteiger partial charge is 0.370 e. The highest BCUT2D eigenvalue weighted by Gasteiger charge is 2.16. The molecule has 0 heterocycles. The number of likely N-dealkylation sites (N-methyl/N-ethyl adjacent to an activating group) is 1. The number of nitrogens with one attached hydrogen (secondary N) is 2. The first-order valence-corrected chi connectivity index (χ1v) is 11.4. The van der Waals surface area contributed by atoms with Gasteiger partial charge in [-0.2, -0.15) is 0 Å². The van der Waals surface area contributed by atoms with Gasteiger partial charge in [0.15, 0.2) is 0 Å². The van der Waals surface area contributed by atoms with E-state index in [4.69, 9.17) is 0 Å². The summed E-state index contributed by atoms with van der Waals surface area (Å²) in [6.45, 7) is 9.92. The fourth-order valence-corrected chi connectivity index (χ4v) is 4.45. The predicted molar refractivity (Wildman–Crippen MR) is 118 cm³/mol. The summed E-state index contributed by atoms with van der Waals surface area (Å²) in [4.78, 5) is 14.5. The number of aryl methyl sites for hydroxylation is 3. The molecule has 2 aromatic rings. The van der Waals surface area contributed by atoms with Gasteiger partial charge in [0, 0.05) is 38.3 Å². The molecule has 0 fully saturated rings. The van der Waals surface area contributed by atoms with E-state index < -0.39 is 10.0 Å². The minimum Gasteiger partial charge on any atom is -0.370 e. The monoisotopic (exact) mass is 417 g/mol. The highest BCUT2D eigenvalue weighted by molar-refractivity contribution is 7.89. The zero-order chi connectivity index (χ0) is 21.4. The first kappa shape index (κ1) is 22.9. The van der Waals surface area contributed by atoms with Crippen molar-refractivity contribution in [3.8, 4) is 0 Å². The molecule has 0 radical (unpaired) electrons. The summed E-state index contributed by atoms with van der Waals surface area (Å²) in [6, 6.07) is 13.4. The Kier molecular flexibility index (Phi) is 8.22. The first-order valence-electron chi connectivity index (χ1n) is 9.88. The third-order valence-corrected chi connectivity index (χ3v) is 6.34. The quantitative estimate of drug-likeness (QED) is 0.623. The predicted octanol–water partition coefficient (Wildman–Crippen LogP) is 2.92. The Labute approximate surface area is 174 Å². The van der Waals surface area contributed by atoms with E-state index in [2.05, 4.69) is 47.0 Å². The summed E-state index contributed by atoms with van der Waals surface area (Å²) in [5.74, 6) is -0.173. The van der Waals surface area contributed by atoms with Crippen LogP contribution in [0.3, 0.4) is 0 Å². The van der Waals surface area contributed by atoms with Crippen molar-refractivity contribution in [1.82, 2.24) is 10.0 Å². The van der Waals surface area contributed by atoms with E-state index >= 15 is 0 Å². The van der Waals surface area contributed by atoms with Gasteiger partial charge < -0.3 is 10.2 Å². The van der Waals surface area contributed by atoms with Crippen molar-refractivity contribution in [2.75, 3.05) is 31.1 Å². The second-order valence-electron chi connectivity index (χ2n) is 7.19. The molecule has 0 spiro atoms. The Morgan fingerprint density at radius 1 is 1.00 bits per heavy atom. The van der Waals surface area contributed by atoms with E-state index in [-0.39, 0.29) is 23.8 Å². The summed E-state index contributed by atoms with van der Waals surface area (Å²) in [5, 5.41) is 2.86. The van der Waals surface area contributed by atoms with Crippen LogP contribution in [0.1, 0.15) is 30.0 Å². The number of benzene rings is 2. The standard InChI is InChI=1S/C22H31N3O3S/c1-5-25(20-8-6-7-17(2)16-20)14-13-23-22(26)11-12-24-29(27,28)21-10-9-18(3)15-19(21)4/h6-10,15-16,24H,5,11-14H2,1-4H3,(H,23,26). The van der Waals surface area contributed by atoms with Crippen LogP contribution >= 0.6 is 0 Å². The molecule has 2 aromatic carbocycles. The maximum absolute atomic E-state index is 12.4. The lowest BCUT2D eigenvalue weighted by Crippen LogP contribution is -2.36. The molecule has 0 aliphatic carbocycles. The molecule has 0 unspecified atom stereocenters. The highest BCUT2D eigenvalue weighted by Crippen LogP contribution is 2.16. The Hall–Kier alpha value is -2.38. The SMILES string of the molecule is CCN(CCNC(=O)CCNS(=O)(=O)c1ccc(C)cc1C)c1cccc(C)c1. The van der Waals surface area contributed by atoms with Crippen LogP contribution in [0.2, 0.25) is 0 Å². The van der Waals surface area contributed by atoms with Crippen molar-refractivity contribution in [1.29, 1.82) is 0 Å². The van der Waals surface area contributed by atoms with Gasteiger partial charge in [0.25, 0.3) is 0 Å². The van der Waals surface area contributed by atoms with Crippen LogP contribution < -0.4 is 14.9 Å². The topological polar surface area (TPSA) is 78.5 Å². The average molecular weight is 418 g/mol. The van der Waals surface area contributed by atoms with Crippen LogP contribution in [0.5, 0.6) is 0 Å². The van der Waals surface area contributed by atoms with Crippen molar-refractivity contribution < 1.29 is 13.2 Å². The van der Waals surface area contributed by atoms with Crippen molar-refractivity contribution in [2.45, 2.75) is 39.0 Å². The lowest BCUT2D eigenvalue weighted by Gasteiger charge is -2.23. The second-order valence-corrected chi connectivity index (χ2v) is 8.92. The van der Waals surface area contributed by atoms with Gasteiger partial charge in [0.05, 0.1) is 4.90 Å². The molecule has 0 saturated carbocycles. The summed E-state index contributed by atoms with van der Waals surface area (Å²) in [5.41, 5.74) is 4.02. The molecule has 2 N–H and O–H groups in total. The van der Waals surface area contributed by atoms with Crippen LogP contribution in [0.4, 0.5) is 5.69 Å². The molecule has 0 aliphatic heterocycles. The van der Waals surface area contributed by atoms with Crippen LogP contribution in [-0.2, 0) is 14.8 Å². The number of amides is 1. The number of rotatable bonds is 10. The Morgan fingerprint density at radius 3 is 2.38 bits per heavy atom. The van der Waals surface area contributed by atoms with Crippen molar-refractivity contribution in [2.24, 2.45) is 0 Å². The Bertz CT molecular complexity index is 942. The summed E-state index contributed by atoms with van der Waals surface area (Å²) < 4.78 is 27.4. The van der Waals surface area contributed by atoms with E-state index in [1.807, 2.05) is 19.1 Å². The van der Waals surface area contributed by atoms with Crippen LogP contribution in [0.25, 0.3) is 0 Å². The number of carbonyl (C=O) groups is 1. The molecular formula is C22H31N3O3S. The van der Waals surface area contributed by atoms with Crippen LogP contribution in [0.15, 0.2) is 47.4 Å². The number of hydrogen-bond donors (Lipinski definition) is 2. The molecule has 2 rings (SSSR count). The molecular weight excluding hydrogens is 386 g/mol. The molecule has 0 saturated heterocycles. The van der Waals surface area contributed by atoms with Gasteiger partial charge in [0.2, 0.25) is 15.9 Å². The molecule has 0 aliphatic rings. The van der Waals surface area contributed by atoms with Gasteiger partial charge in [-0.05, 0) is 57.0 Å². The van der Waals surface area contributed by atoms with Crippen molar-refractivity contribution >= 4 is 21.6 Å². The van der Waals surface area contributed by atoms with Crippen LogP contribution in [-0.4, -0.2) is 40.5 Å². The molecule has 158 valence electrons. The molecule has 29 heavy (non-hydrogen) atoms. The minimum atomic E-state index is -3.62. The van der Waals surface area contributed by atoms with E-state index in [0.717, 1.165) is 17.8 Å². The third kappa shape index (κ3) is 6.87. The number of hydrogen-bond acceptors (Lipinski definition) is 4. The minimum absolute atomic E-state index is 0.0663. The number of anilines is 1. The average Bonchev–Trinajstić information content (AvgIpc) is 2.64. The number of carbonyl (C=O) groups excluding carboxylic acids is 1. The molecule has 7 heteroatoms. The normalized spacial score (nSPS) is 11.3. The maximum Gasteiger partial charge on any atom is 0.240 e. The fourth-order valence-electron chi connectivity index (χ4n) is 3.19. The molecule has 0 bridgehead atoms. The van der Waals surface area contributed by atoms with Crippen molar-refractivity contribution in [3.05, 3.63) is 59.2 Å². The highest BCUT2D eigenvalue weighted by atomic mass is 32.2. The number of nitrogens with zero attached hydrogens (tertiary/aromatic N) is 1. The number of sulfonamides is 1. The van der Waals surface area contributed by atoms with Gasteiger partial charge >= 0.3 is 0 Å². The van der Waals surface area contributed by atoms with Gasteiger partial charge in [-0.15, -0.1) is 0 Å². The zero-order valence-electron chi connectivity index (χ0n) is 17.7. The smallest absolute Gasteiger partial charge is 0.240 e. The van der Waals surface area contributed by atoms with Gasteiger partial charge in [-0.25, -0.2) is 13.1 Å². The summed E-state index contributed by atoms with van der Waals surface area (Å²) in [7, 11) is -3.62. The first-order chi connectivity index (χ1) is 13.7. The lowest BCUT2D eigenvalue weighted by molar-refractivity contribution is -0.120. The third-order valence-electron chi connectivity index (χ3n) is 4.72. The van der Waals surface area contributed by atoms with Crippen LogP contribution in [0, 0.1) is 20.8 Å². The summed E-state index contributed by atoms with van der Waals surface area (Å²) in [6.07, 6.45) is 0.0979. The van der Waals surface area contributed by atoms with E-state index in [0.29, 0.717) is 18.7 Å². The van der Waals surface area contributed by atoms with Crippen molar-refractivity contribution in [3.63, 3.8) is 0 Å². The molecule has 0 atom stereocenters. The zero-order valence-corrected chi connectivity index (χ0v) is 18.5. The Balaban J connectivity index is 1.78. The van der Waals surface area contributed by atoms with E-state index in [1.165, 1.54) is 5.56 Å². The van der Waals surface area contributed by atoms with Gasteiger partial charge in [-0.1, -0.05) is 29.8 Å². The van der Waals surface area contributed by atoms with Gasteiger partial charge in [-0.3, -0.25) is 4.79 Å². The maximum atomic E-state index is 12.4.